The molecule has 4 rings (SSSR count). The second-order valence-electron chi connectivity index (χ2n) is 5.90. The zero-order valence-electron chi connectivity index (χ0n) is 14.9. The first kappa shape index (κ1) is 19.0. The van der Waals surface area contributed by atoms with Gasteiger partial charge in [-0.2, -0.15) is 0 Å². The van der Waals surface area contributed by atoms with Crippen LogP contribution in [0.25, 0.3) is 10.2 Å². The number of hydrogen-bond acceptors (Lipinski definition) is 7. The number of nitrogens with one attached hydrogen (secondary N) is 2. The van der Waals surface area contributed by atoms with E-state index in [1.807, 2.05) is 41.8 Å². The van der Waals surface area contributed by atoms with Crippen molar-refractivity contribution in [3.63, 3.8) is 0 Å². The summed E-state index contributed by atoms with van der Waals surface area (Å²) in [5.74, 6) is -0.00296. The van der Waals surface area contributed by atoms with Crippen molar-refractivity contribution >= 4 is 56.7 Å². The molecule has 0 spiro atoms. The number of thiophene rings is 1. The number of rotatable bonds is 6. The maximum absolute atomic E-state index is 12.7. The normalized spacial score (nSPS) is 16.8. The summed E-state index contributed by atoms with van der Waals surface area (Å²) in [6, 6.07) is 10.9. The van der Waals surface area contributed by atoms with Gasteiger partial charge in [-0.1, -0.05) is 30.0 Å². The van der Waals surface area contributed by atoms with Crippen LogP contribution in [-0.2, 0) is 9.53 Å². The number of carbonyl (C=O) groups excluding carboxylic acids is 2. The minimum atomic E-state index is -0.515. The van der Waals surface area contributed by atoms with Crippen LogP contribution < -0.4 is 10.6 Å². The summed E-state index contributed by atoms with van der Waals surface area (Å²) >= 11 is 4.58. The summed E-state index contributed by atoms with van der Waals surface area (Å²) < 4.78 is 7.26. The van der Waals surface area contributed by atoms with Crippen molar-refractivity contribution in [2.24, 2.45) is 0 Å². The van der Waals surface area contributed by atoms with Gasteiger partial charge in [0.1, 0.15) is 0 Å². The average molecular weight is 432 g/mol. The van der Waals surface area contributed by atoms with Crippen LogP contribution in [0.5, 0.6) is 0 Å². The summed E-state index contributed by atoms with van der Waals surface area (Å²) in [6.07, 6.45) is 0. The van der Waals surface area contributed by atoms with Crippen LogP contribution in [0.15, 0.2) is 57.4 Å². The van der Waals surface area contributed by atoms with Crippen LogP contribution in [0.2, 0.25) is 0 Å². The predicted octanol–water partition coefficient (Wildman–Crippen LogP) is 4.32. The molecule has 3 aromatic rings. The maximum Gasteiger partial charge on any atom is 0.338 e. The zero-order chi connectivity index (χ0) is 19.5. The van der Waals surface area contributed by atoms with Gasteiger partial charge in [0.2, 0.25) is 0 Å². The number of thiazole rings is 1. The fourth-order valence-electron chi connectivity index (χ4n) is 2.90. The fraction of sp³-hybridized carbons (Fsp3) is 0.211. The fourth-order valence-corrected chi connectivity index (χ4v) is 5.72. The molecule has 144 valence electrons. The summed E-state index contributed by atoms with van der Waals surface area (Å²) in [5.41, 5.74) is 1.95. The number of carbonyl (C=O) groups is 2. The molecule has 2 aromatic heterocycles. The molecule has 9 heteroatoms. The van der Waals surface area contributed by atoms with E-state index < -0.39 is 12.0 Å². The van der Waals surface area contributed by atoms with Gasteiger partial charge in [-0.05, 0) is 30.5 Å². The van der Waals surface area contributed by atoms with Crippen LogP contribution in [-0.4, -0.2) is 29.3 Å². The van der Waals surface area contributed by atoms with Crippen molar-refractivity contribution in [1.29, 1.82) is 0 Å². The Hall–Kier alpha value is -2.36. The van der Waals surface area contributed by atoms with Crippen molar-refractivity contribution < 1.29 is 14.3 Å². The number of urea groups is 1. The van der Waals surface area contributed by atoms with Crippen LogP contribution in [0.4, 0.5) is 4.79 Å². The molecule has 0 bridgehead atoms. The molecule has 1 atom stereocenters. The number of ether oxygens (including phenoxy) is 1. The summed E-state index contributed by atoms with van der Waals surface area (Å²) in [4.78, 5) is 30.4. The number of benzene rings is 1. The Bertz CT molecular complexity index is 1010. The molecule has 28 heavy (non-hydrogen) atoms. The number of aromatic nitrogens is 1. The van der Waals surface area contributed by atoms with Crippen molar-refractivity contribution in [3.8, 4) is 0 Å². The molecule has 0 saturated heterocycles. The van der Waals surface area contributed by atoms with Gasteiger partial charge in [0.25, 0.3) is 0 Å². The zero-order valence-corrected chi connectivity index (χ0v) is 17.4. The van der Waals surface area contributed by atoms with Crippen LogP contribution in [0.1, 0.15) is 17.8 Å². The van der Waals surface area contributed by atoms with E-state index in [9.17, 15) is 9.59 Å². The van der Waals surface area contributed by atoms with E-state index in [1.54, 1.807) is 18.3 Å². The van der Waals surface area contributed by atoms with Crippen molar-refractivity contribution in [1.82, 2.24) is 15.6 Å². The first-order valence-electron chi connectivity index (χ1n) is 8.65. The molecule has 2 amide bonds. The number of thioether (sulfide) groups is 1. The second-order valence-corrected chi connectivity index (χ2v) is 9.13. The lowest BCUT2D eigenvalue weighted by Gasteiger charge is -2.28. The lowest BCUT2D eigenvalue weighted by Crippen LogP contribution is -2.46. The van der Waals surface area contributed by atoms with Crippen molar-refractivity contribution in [3.05, 3.63) is 57.9 Å². The molecule has 0 aliphatic carbocycles. The van der Waals surface area contributed by atoms with E-state index in [-0.39, 0.29) is 12.6 Å². The highest BCUT2D eigenvalue weighted by atomic mass is 32.2. The van der Waals surface area contributed by atoms with E-state index in [4.69, 9.17) is 4.74 Å². The van der Waals surface area contributed by atoms with Gasteiger partial charge in [0.05, 0.1) is 28.4 Å². The predicted molar refractivity (Wildman–Crippen MR) is 113 cm³/mol. The van der Waals surface area contributed by atoms with Gasteiger partial charge in [-0.3, -0.25) is 0 Å². The molecule has 0 fully saturated rings. The quantitative estimate of drug-likeness (QED) is 0.449. The van der Waals surface area contributed by atoms with Crippen molar-refractivity contribution in [2.75, 3.05) is 12.4 Å². The highest BCUT2D eigenvalue weighted by molar-refractivity contribution is 8.01. The van der Waals surface area contributed by atoms with Crippen LogP contribution >= 0.6 is 34.4 Å². The van der Waals surface area contributed by atoms with Crippen LogP contribution in [0, 0.1) is 0 Å². The highest BCUT2D eigenvalue weighted by Gasteiger charge is 2.34. The number of nitrogens with zero attached hydrogens (tertiary/aromatic N) is 1. The van der Waals surface area contributed by atoms with Gasteiger partial charge < -0.3 is 15.4 Å². The number of esters is 1. The van der Waals surface area contributed by atoms with E-state index in [0.717, 1.165) is 19.4 Å². The molecule has 2 N–H and O–H groups in total. The first-order chi connectivity index (χ1) is 13.7. The Balaban J connectivity index is 1.65. The number of amides is 2. The SMILES string of the molecule is CCOC(=O)C1=C(CSc2nc3ccccc3s2)NC(=O)N[C@@H]1c1cccs1. The third-order valence-electron chi connectivity index (χ3n) is 4.09. The first-order valence-corrected chi connectivity index (χ1v) is 11.3. The maximum atomic E-state index is 12.7. The Morgan fingerprint density at radius 3 is 2.89 bits per heavy atom. The summed E-state index contributed by atoms with van der Waals surface area (Å²) in [6.45, 7) is 2.04. The molecule has 1 aliphatic rings. The van der Waals surface area contributed by atoms with Gasteiger partial charge in [-0.25, -0.2) is 14.6 Å². The van der Waals surface area contributed by atoms with E-state index in [0.29, 0.717) is 17.0 Å². The smallest absolute Gasteiger partial charge is 0.338 e. The molecular weight excluding hydrogens is 414 g/mol. The minimum absolute atomic E-state index is 0.270. The Labute approximate surface area is 174 Å². The van der Waals surface area contributed by atoms with E-state index in [1.165, 1.54) is 23.1 Å². The van der Waals surface area contributed by atoms with Crippen molar-refractivity contribution in [2.45, 2.75) is 17.3 Å². The number of para-hydroxylation sites is 1. The third kappa shape index (κ3) is 3.91. The number of fused-ring (bicyclic) bond motifs is 1. The molecule has 0 radical (unpaired) electrons. The lowest BCUT2D eigenvalue weighted by molar-refractivity contribution is -0.139. The molecule has 1 aliphatic heterocycles. The average Bonchev–Trinajstić information content (AvgIpc) is 3.35. The summed E-state index contributed by atoms with van der Waals surface area (Å²) in [7, 11) is 0. The number of hydrogen-bond donors (Lipinski definition) is 2. The largest absolute Gasteiger partial charge is 0.463 e. The lowest BCUT2D eigenvalue weighted by atomic mass is 10.0. The standard InChI is InChI=1S/C19H17N3O3S3/c1-2-25-17(23)15-12(20-18(24)22-16(15)14-8-5-9-26-14)10-27-19-21-11-6-3-4-7-13(11)28-19/h3-9,16H,2,10H2,1H3,(H2,20,22,24)/t16-/m1/s1. The van der Waals surface area contributed by atoms with Gasteiger partial charge in [-0.15, -0.1) is 22.7 Å². The van der Waals surface area contributed by atoms with Gasteiger partial charge in [0, 0.05) is 16.3 Å². The molecule has 0 saturated carbocycles. The molecular formula is C19H17N3O3S3. The Kier molecular flexibility index (Phi) is 5.65. The highest BCUT2D eigenvalue weighted by Crippen LogP contribution is 2.34. The molecule has 6 nitrogen and oxygen atoms in total. The summed E-state index contributed by atoms with van der Waals surface area (Å²) in [5, 5.41) is 7.55. The third-order valence-corrected chi connectivity index (χ3v) is 7.23. The Morgan fingerprint density at radius 2 is 2.14 bits per heavy atom. The minimum Gasteiger partial charge on any atom is -0.463 e. The Morgan fingerprint density at radius 1 is 1.29 bits per heavy atom. The topological polar surface area (TPSA) is 80.3 Å². The van der Waals surface area contributed by atoms with E-state index in [2.05, 4.69) is 15.6 Å². The molecule has 0 unspecified atom stereocenters. The monoisotopic (exact) mass is 431 g/mol. The molecule has 3 heterocycles. The van der Waals surface area contributed by atoms with Crippen LogP contribution in [0.3, 0.4) is 0 Å². The van der Waals surface area contributed by atoms with E-state index >= 15 is 0 Å². The second kappa shape index (κ2) is 8.34. The van der Waals surface area contributed by atoms with Gasteiger partial charge in [0.15, 0.2) is 4.34 Å². The molecule has 1 aromatic carbocycles. The van der Waals surface area contributed by atoms with Gasteiger partial charge >= 0.3 is 12.0 Å².